The van der Waals surface area contributed by atoms with Crippen molar-refractivity contribution >= 4 is 39.8 Å². The van der Waals surface area contributed by atoms with Crippen molar-refractivity contribution in [2.75, 3.05) is 12.9 Å². The summed E-state index contributed by atoms with van der Waals surface area (Å²) in [6, 6.07) is 13.0. The number of thioether (sulfide) groups is 1. The van der Waals surface area contributed by atoms with Crippen molar-refractivity contribution in [2.45, 2.75) is 4.90 Å². The lowest BCUT2D eigenvalue weighted by Gasteiger charge is -2.06. The summed E-state index contributed by atoms with van der Waals surface area (Å²) in [5.41, 5.74) is 3.15. The third-order valence-corrected chi connectivity index (χ3v) is 4.40. The number of aromatic hydroxyl groups is 1. The molecule has 0 heterocycles. The largest absolute Gasteiger partial charge is 0.503 e. The Kier molecular flexibility index (Phi) is 6.49. The van der Waals surface area contributed by atoms with Gasteiger partial charge < -0.3 is 9.84 Å². The van der Waals surface area contributed by atoms with E-state index in [1.54, 1.807) is 12.1 Å². The molecule has 120 valence electrons. The molecule has 0 bridgehead atoms. The van der Waals surface area contributed by atoms with Gasteiger partial charge in [0, 0.05) is 4.90 Å². The molecule has 0 aliphatic carbocycles. The first kappa shape index (κ1) is 17.4. The van der Waals surface area contributed by atoms with Crippen LogP contribution in [0.4, 0.5) is 0 Å². The zero-order chi connectivity index (χ0) is 16.7. The van der Waals surface area contributed by atoms with E-state index in [4.69, 9.17) is 4.74 Å². The molecule has 0 saturated carbocycles. The van der Waals surface area contributed by atoms with Gasteiger partial charge >= 0.3 is 0 Å². The minimum absolute atomic E-state index is 0.0212. The van der Waals surface area contributed by atoms with E-state index < -0.39 is 0 Å². The molecule has 5 nitrogen and oxygen atoms in total. The second-order valence-electron chi connectivity index (χ2n) is 4.45. The molecule has 2 aromatic carbocycles. The van der Waals surface area contributed by atoms with Crippen molar-refractivity contribution < 1.29 is 14.6 Å². The van der Waals surface area contributed by atoms with E-state index in [-0.39, 0.29) is 17.4 Å². The third kappa shape index (κ3) is 5.30. The average Bonchev–Trinajstić information content (AvgIpc) is 2.57. The Labute approximate surface area is 146 Å². The van der Waals surface area contributed by atoms with Gasteiger partial charge in [-0.2, -0.15) is 5.10 Å². The zero-order valence-corrected chi connectivity index (χ0v) is 14.7. The number of phenols is 1. The van der Waals surface area contributed by atoms with E-state index in [0.717, 1.165) is 4.90 Å². The SMILES string of the molecule is COc1cc(C=NNC(=O)CSc2ccccc2)cc(Br)c1O. The first-order chi connectivity index (χ1) is 11.1. The van der Waals surface area contributed by atoms with Gasteiger partial charge in [-0.15, -0.1) is 11.8 Å². The van der Waals surface area contributed by atoms with Gasteiger partial charge in [-0.05, 0) is 45.8 Å². The van der Waals surface area contributed by atoms with Crippen molar-refractivity contribution in [1.82, 2.24) is 5.43 Å². The van der Waals surface area contributed by atoms with E-state index in [1.165, 1.54) is 25.1 Å². The Morgan fingerprint density at radius 1 is 1.39 bits per heavy atom. The monoisotopic (exact) mass is 394 g/mol. The summed E-state index contributed by atoms with van der Waals surface area (Å²) in [6.07, 6.45) is 1.48. The highest BCUT2D eigenvalue weighted by Gasteiger charge is 2.07. The Morgan fingerprint density at radius 2 is 2.13 bits per heavy atom. The fraction of sp³-hybridized carbons (Fsp3) is 0.125. The van der Waals surface area contributed by atoms with Crippen LogP contribution in [-0.4, -0.2) is 30.1 Å². The highest BCUT2D eigenvalue weighted by Crippen LogP contribution is 2.34. The van der Waals surface area contributed by atoms with E-state index >= 15 is 0 Å². The summed E-state index contributed by atoms with van der Waals surface area (Å²) in [4.78, 5) is 12.8. The van der Waals surface area contributed by atoms with Crippen molar-refractivity contribution in [2.24, 2.45) is 5.10 Å². The van der Waals surface area contributed by atoms with E-state index in [9.17, 15) is 9.90 Å². The molecule has 0 aliphatic heterocycles. The van der Waals surface area contributed by atoms with E-state index in [0.29, 0.717) is 15.8 Å². The highest BCUT2D eigenvalue weighted by molar-refractivity contribution is 9.10. The maximum atomic E-state index is 11.7. The van der Waals surface area contributed by atoms with Crippen molar-refractivity contribution in [3.8, 4) is 11.5 Å². The molecule has 0 fully saturated rings. The molecule has 0 aliphatic rings. The number of hydrogen-bond acceptors (Lipinski definition) is 5. The van der Waals surface area contributed by atoms with Crippen LogP contribution >= 0.6 is 27.7 Å². The van der Waals surface area contributed by atoms with Crippen LogP contribution in [0.3, 0.4) is 0 Å². The molecule has 2 N–H and O–H groups in total. The van der Waals surface area contributed by atoms with E-state index in [2.05, 4.69) is 26.5 Å². The summed E-state index contributed by atoms with van der Waals surface area (Å²) < 4.78 is 5.54. The zero-order valence-electron chi connectivity index (χ0n) is 12.3. The first-order valence-corrected chi connectivity index (χ1v) is 8.44. The maximum Gasteiger partial charge on any atom is 0.250 e. The van der Waals surface area contributed by atoms with Crippen LogP contribution in [0, 0.1) is 0 Å². The molecule has 0 saturated heterocycles. The minimum Gasteiger partial charge on any atom is -0.503 e. The number of rotatable bonds is 6. The van der Waals surface area contributed by atoms with Gasteiger partial charge in [0.2, 0.25) is 5.91 Å². The number of ether oxygens (including phenoxy) is 1. The molecule has 7 heteroatoms. The second kappa shape index (κ2) is 8.59. The summed E-state index contributed by atoms with van der Waals surface area (Å²) in [5, 5.41) is 13.6. The maximum absolute atomic E-state index is 11.7. The van der Waals surface area contributed by atoms with E-state index in [1.807, 2.05) is 30.3 Å². The third-order valence-electron chi connectivity index (χ3n) is 2.79. The number of methoxy groups -OCH3 is 1. The van der Waals surface area contributed by atoms with Crippen LogP contribution in [0.15, 0.2) is 56.9 Å². The molecule has 0 aromatic heterocycles. The lowest BCUT2D eigenvalue weighted by atomic mass is 10.2. The Morgan fingerprint density at radius 3 is 2.83 bits per heavy atom. The van der Waals surface area contributed by atoms with Gasteiger partial charge in [-0.1, -0.05) is 18.2 Å². The van der Waals surface area contributed by atoms with Gasteiger partial charge in [0.15, 0.2) is 11.5 Å². The Hall–Kier alpha value is -1.99. The molecule has 0 atom stereocenters. The van der Waals surface area contributed by atoms with Gasteiger partial charge in [-0.3, -0.25) is 4.79 Å². The van der Waals surface area contributed by atoms with Gasteiger partial charge in [-0.25, -0.2) is 5.43 Å². The molecule has 23 heavy (non-hydrogen) atoms. The second-order valence-corrected chi connectivity index (χ2v) is 6.35. The van der Waals surface area contributed by atoms with Gasteiger partial charge in [0.05, 0.1) is 23.5 Å². The number of nitrogens with zero attached hydrogens (tertiary/aromatic N) is 1. The van der Waals surface area contributed by atoms with Crippen LogP contribution in [-0.2, 0) is 4.79 Å². The van der Waals surface area contributed by atoms with Gasteiger partial charge in [0.25, 0.3) is 0 Å². The number of hydrazone groups is 1. The number of nitrogens with one attached hydrogen (secondary N) is 1. The fourth-order valence-electron chi connectivity index (χ4n) is 1.70. The molecule has 0 unspecified atom stereocenters. The van der Waals surface area contributed by atoms with Crippen LogP contribution in [0.25, 0.3) is 0 Å². The Balaban J connectivity index is 1.89. The summed E-state index contributed by atoms with van der Waals surface area (Å²) in [5.74, 6) is 0.434. The molecule has 1 amide bonds. The summed E-state index contributed by atoms with van der Waals surface area (Å²) >= 11 is 4.67. The fourth-order valence-corrected chi connectivity index (χ4v) is 2.87. The lowest BCUT2D eigenvalue weighted by molar-refractivity contribution is -0.118. The van der Waals surface area contributed by atoms with Crippen molar-refractivity contribution in [3.63, 3.8) is 0 Å². The first-order valence-electron chi connectivity index (χ1n) is 6.66. The number of amides is 1. The summed E-state index contributed by atoms with van der Waals surface area (Å²) in [6.45, 7) is 0. The molecule has 2 aromatic rings. The van der Waals surface area contributed by atoms with Crippen LogP contribution < -0.4 is 10.2 Å². The summed E-state index contributed by atoms with van der Waals surface area (Å²) in [7, 11) is 1.46. The van der Waals surface area contributed by atoms with Crippen molar-refractivity contribution in [1.29, 1.82) is 0 Å². The predicted octanol–water partition coefficient (Wildman–Crippen LogP) is 3.41. The number of halogens is 1. The molecular weight excluding hydrogens is 380 g/mol. The highest BCUT2D eigenvalue weighted by atomic mass is 79.9. The lowest BCUT2D eigenvalue weighted by Crippen LogP contribution is -2.19. The standard InChI is InChI=1S/C16H15BrN2O3S/c1-22-14-8-11(7-13(17)16(14)21)9-18-19-15(20)10-23-12-5-3-2-4-6-12/h2-9,21H,10H2,1H3,(H,19,20). The molecular formula is C16H15BrN2O3S. The van der Waals surface area contributed by atoms with Crippen LogP contribution in [0.1, 0.15) is 5.56 Å². The van der Waals surface area contributed by atoms with Crippen molar-refractivity contribution in [3.05, 3.63) is 52.5 Å². The molecule has 0 radical (unpaired) electrons. The Bertz CT molecular complexity index is 708. The minimum atomic E-state index is -0.195. The average molecular weight is 395 g/mol. The smallest absolute Gasteiger partial charge is 0.250 e. The number of phenolic OH excluding ortho intramolecular Hbond substituents is 1. The van der Waals surface area contributed by atoms with Gasteiger partial charge in [0.1, 0.15) is 0 Å². The van der Waals surface area contributed by atoms with Crippen LogP contribution in [0.2, 0.25) is 0 Å². The number of carbonyl (C=O) groups is 1. The number of benzene rings is 2. The molecule has 0 spiro atoms. The quantitative estimate of drug-likeness (QED) is 0.447. The molecule has 2 rings (SSSR count). The topological polar surface area (TPSA) is 70.9 Å². The normalized spacial score (nSPS) is 10.7. The predicted molar refractivity (Wildman–Crippen MR) is 95.3 cm³/mol. The number of carbonyl (C=O) groups excluding carboxylic acids is 1. The van der Waals surface area contributed by atoms with Crippen LogP contribution in [0.5, 0.6) is 11.5 Å². The number of hydrogen-bond donors (Lipinski definition) is 2.